The summed E-state index contributed by atoms with van der Waals surface area (Å²) in [6, 6.07) is 10.2. The summed E-state index contributed by atoms with van der Waals surface area (Å²) in [5.41, 5.74) is 9.68. The zero-order valence-corrected chi connectivity index (χ0v) is 10.1. The molecule has 0 radical (unpaired) electrons. The van der Waals surface area contributed by atoms with E-state index >= 15 is 0 Å². The highest BCUT2D eigenvalue weighted by molar-refractivity contribution is 5.90. The first kappa shape index (κ1) is 10.8. The van der Waals surface area contributed by atoms with Crippen molar-refractivity contribution in [3.05, 3.63) is 53.6 Å². The van der Waals surface area contributed by atoms with E-state index < -0.39 is 0 Å². The number of benzene rings is 1. The molecule has 3 aromatic rings. The Bertz CT molecular complexity index is 686. The molecular weight excluding hydrogens is 224 g/mol. The fourth-order valence-electron chi connectivity index (χ4n) is 2.17. The van der Waals surface area contributed by atoms with Gasteiger partial charge in [0.2, 0.25) is 0 Å². The number of nitrogens with two attached hydrogens (primary N) is 1. The molecule has 0 aliphatic carbocycles. The Hall–Kier alpha value is -2.36. The van der Waals surface area contributed by atoms with Crippen LogP contribution in [0.15, 0.2) is 36.5 Å². The Labute approximate surface area is 105 Å². The van der Waals surface area contributed by atoms with Crippen molar-refractivity contribution in [2.75, 3.05) is 5.73 Å². The fourth-order valence-corrected chi connectivity index (χ4v) is 2.17. The third-order valence-corrected chi connectivity index (χ3v) is 2.96. The molecule has 0 spiro atoms. The molecule has 3 rings (SSSR count). The van der Waals surface area contributed by atoms with Gasteiger partial charge in [0.05, 0.1) is 16.8 Å². The average Bonchev–Trinajstić information content (AvgIpc) is 2.72. The Morgan fingerprint density at radius 1 is 1.17 bits per heavy atom. The van der Waals surface area contributed by atoms with Crippen LogP contribution in [0.25, 0.3) is 11.0 Å². The van der Waals surface area contributed by atoms with E-state index in [4.69, 9.17) is 5.73 Å². The van der Waals surface area contributed by atoms with Crippen LogP contribution < -0.4 is 5.73 Å². The lowest BCUT2D eigenvalue weighted by molar-refractivity contribution is 0.998. The number of aromatic nitrogens is 3. The second-order valence-electron chi connectivity index (χ2n) is 4.35. The minimum Gasteiger partial charge on any atom is -0.397 e. The lowest BCUT2D eigenvalue weighted by Gasteiger charge is -2.05. The molecule has 0 saturated carbocycles. The Balaban J connectivity index is 2.13. The first-order valence-corrected chi connectivity index (χ1v) is 5.88. The van der Waals surface area contributed by atoms with Gasteiger partial charge in [-0.1, -0.05) is 30.3 Å². The van der Waals surface area contributed by atoms with Crippen molar-refractivity contribution < 1.29 is 0 Å². The van der Waals surface area contributed by atoms with E-state index in [2.05, 4.69) is 27.1 Å². The molecule has 2 heterocycles. The van der Waals surface area contributed by atoms with E-state index in [0.717, 1.165) is 29.0 Å². The van der Waals surface area contributed by atoms with Gasteiger partial charge in [0, 0.05) is 12.6 Å². The maximum Gasteiger partial charge on any atom is 0.143 e. The topological polar surface area (TPSA) is 67.6 Å². The van der Waals surface area contributed by atoms with Gasteiger partial charge in [0.15, 0.2) is 0 Å². The first-order valence-electron chi connectivity index (χ1n) is 5.88. The number of anilines is 1. The number of hydrogen-bond acceptors (Lipinski definition) is 3. The van der Waals surface area contributed by atoms with Gasteiger partial charge in [-0.15, -0.1) is 0 Å². The Kier molecular flexibility index (Phi) is 2.48. The number of nitrogen functional groups attached to an aromatic ring is 1. The van der Waals surface area contributed by atoms with Gasteiger partial charge >= 0.3 is 0 Å². The largest absolute Gasteiger partial charge is 0.397 e. The highest BCUT2D eigenvalue weighted by Crippen LogP contribution is 2.23. The molecule has 3 N–H and O–H groups in total. The number of aryl methyl sites for hydroxylation is 1. The minimum atomic E-state index is 0.705. The summed E-state index contributed by atoms with van der Waals surface area (Å²) in [5, 5.41) is 0.935. The van der Waals surface area contributed by atoms with Crippen molar-refractivity contribution in [2.45, 2.75) is 13.3 Å². The molecule has 1 aromatic carbocycles. The SMILES string of the molecule is Cc1nc(Cc2ccccc2)c2c(N)c[nH]c2n1. The molecule has 90 valence electrons. The number of aromatic amines is 1. The van der Waals surface area contributed by atoms with Crippen molar-refractivity contribution in [1.82, 2.24) is 15.0 Å². The van der Waals surface area contributed by atoms with Crippen LogP contribution in [-0.2, 0) is 6.42 Å². The smallest absolute Gasteiger partial charge is 0.143 e. The molecule has 0 amide bonds. The molecule has 2 aromatic heterocycles. The molecular formula is C14H14N4. The Morgan fingerprint density at radius 3 is 2.72 bits per heavy atom. The van der Waals surface area contributed by atoms with Crippen LogP contribution in [0.4, 0.5) is 5.69 Å². The van der Waals surface area contributed by atoms with Gasteiger partial charge < -0.3 is 10.7 Å². The van der Waals surface area contributed by atoms with Gasteiger partial charge in [0.1, 0.15) is 11.5 Å². The van der Waals surface area contributed by atoms with Gasteiger partial charge in [0.25, 0.3) is 0 Å². The molecule has 0 aliphatic heterocycles. The summed E-state index contributed by atoms with van der Waals surface area (Å²) in [5.74, 6) is 0.760. The van der Waals surface area contributed by atoms with E-state index in [1.165, 1.54) is 5.56 Å². The number of H-pyrrole nitrogens is 1. The monoisotopic (exact) mass is 238 g/mol. The predicted octanol–water partition coefficient (Wildman–Crippen LogP) is 2.44. The lowest BCUT2D eigenvalue weighted by Crippen LogP contribution is -1.99. The van der Waals surface area contributed by atoms with Crippen molar-refractivity contribution in [3.63, 3.8) is 0 Å². The quantitative estimate of drug-likeness (QED) is 0.720. The minimum absolute atomic E-state index is 0.705. The van der Waals surface area contributed by atoms with Gasteiger partial charge in [-0.2, -0.15) is 0 Å². The summed E-state index contributed by atoms with van der Waals surface area (Å²) < 4.78 is 0. The van der Waals surface area contributed by atoms with E-state index in [0.29, 0.717) is 5.69 Å². The third-order valence-electron chi connectivity index (χ3n) is 2.96. The van der Waals surface area contributed by atoms with Crippen LogP contribution in [0.1, 0.15) is 17.1 Å². The standard InChI is InChI=1S/C14H14N4/c1-9-17-12(7-10-5-3-2-4-6-10)13-11(15)8-16-14(13)18-9/h2-6,8H,7,15H2,1H3,(H,16,17,18). The highest BCUT2D eigenvalue weighted by Gasteiger charge is 2.10. The van der Waals surface area contributed by atoms with Crippen molar-refractivity contribution in [2.24, 2.45) is 0 Å². The fraction of sp³-hybridized carbons (Fsp3) is 0.143. The molecule has 0 fully saturated rings. The van der Waals surface area contributed by atoms with Gasteiger partial charge in [-0.25, -0.2) is 9.97 Å². The molecule has 4 nitrogen and oxygen atoms in total. The molecule has 0 aliphatic rings. The van der Waals surface area contributed by atoms with Gasteiger partial charge in [-0.3, -0.25) is 0 Å². The number of nitrogens with one attached hydrogen (secondary N) is 1. The summed E-state index contributed by atoms with van der Waals surface area (Å²) in [6.07, 6.45) is 2.54. The number of rotatable bonds is 2. The van der Waals surface area contributed by atoms with Crippen LogP contribution in [0.3, 0.4) is 0 Å². The second-order valence-corrected chi connectivity index (χ2v) is 4.35. The maximum atomic E-state index is 5.97. The van der Waals surface area contributed by atoms with E-state index in [1.54, 1.807) is 6.20 Å². The van der Waals surface area contributed by atoms with Crippen LogP contribution >= 0.6 is 0 Å². The molecule has 0 unspecified atom stereocenters. The molecule has 18 heavy (non-hydrogen) atoms. The highest BCUT2D eigenvalue weighted by atomic mass is 15.0. The van der Waals surface area contributed by atoms with Crippen LogP contribution in [-0.4, -0.2) is 15.0 Å². The maximum absolute atomic E-state index is 5.97. The predicted molar refractivity (Wildman–Crippen MR) is 72.3 cm³/mol. The number of fused-ring (bicyclic) bond motifs is 1. The molecule has 0 saturated heterocycles. The average molecular weight is 238 g/mol. The second kappa shape index (κ2) is 4.14. The first-order chi connectivity index (χ1) is 8.74. The summed E-state index contributed by atoms with van der Waals surface area (Å²) >= 11 is 0. The van der Waals surface area contributed by atoms with Crippen molar-refractivity contribution in [3.8, 4) is 0 Å². The number of nitrogens with zero attached hydrogens (tertiary/aromatic N) is 2. The van der Waals surface area contributed by atoms with Crippen LogP contribution in [0.2, 0.25) is 0 Å². The zero-order valence-electron chi connectivity index (χ0n) is 10.1. The van der Waals surface area contributed by atoms with Crippen molar-refractivity contribution in [1.29, 1.82) is 0 Å². The Morgan fingerprint density at radius 2 is 1.94 bits per heavy atom. The van der Waals surface area contributed by atoms with E-state index in [-0.39, 0.29) is 0 Å². The number of hydrogen-bond donors (Lipinski definition) is 2. The van der Waals surface area contributed by atoms with Crippen molar-refractivity contribution >= 4 is 16.7 Å². The van der Waals surface area contributed by atoms with E-state index in [9.17, 15) is 0 Å². The van der Waals surface area contributed by atoms with E-state index in [1.807, 2.05) is 25.1 Å². The molecule has 0 atom stereocenters. The zero-order chi connectivity index (χ0) is 12.5. The summed E-state index contributed by atoms with van der Waals surface area (Å²) in [4.78, 5) is 11.9. The van der Waals surface area contributed by atoms with Crippen LogP contribution in [0, 0.1) is 6.92 Å². The molecule has 0 bridgehead atoms. The van der Waals surface area contributed by atoms with Crippen LogP contribution in [0.5, 0.6) is 0 Å². The third kappa shape index (κ3) is 1.82. The summed E-state index contributed by atoms with van der Waals surface area (Å²) in [7, 11) is 0. The lowest BCUT2D eigenvalue weighted by atomic mass is 10.1. The van der Waals surface area contributed by atoms with Gasteiger partial charge in [-0.05, 0) is 12.5 Å². The molecule has 4 heteroatoms. The normalized spacial score (nSPS) is 10.9. The summed E-state index contributed by atoms with van der Waals surface area (Å²) in [6.45, 7) is 1.89.